The topological polar surface area (TPSA) is 70.6 Å². The summed E-state index contributed by atoms with van der Waals surface area (Å²) in [5.74, 6) is 0.0161. The zero-order valence-electron chi connectivity index (χ0n) is 12.5. The van der Waals surface area contributed by atoms with E-state index in [0.29, 0.717) is 13.0 Å². The summed E-state index contributed by atoms with van der Waals surface area (Å²) in [5.41, 5.74) is 0.0711. The second-order valence-corrected chi connectivity index (χ2v) is 5.81. The van der Waals surface area contributed by atoms with Crippen molar-refractivity contribution >= 4 is 18.3 Å². The number of amides is 1. The van der Waals surface area contributed by atoms with Crippen molar-refractivity contribution in [3.05, 3.63) is 0 Å². The summed E-state index contributed by atoms with van der Waals surface area (Å²) in [4.78, 5) is 12.2. The van der Waals surface area contributed by atoms with Gasteiger partial charge in [-0.25, -0.2) is 0 Å². The van der Waals surface area contributed by atoms with E-state index in [1.807, 2.05) is 0 Å². The van der Waals surface area contributed by atoms with Gasteiger partial charge in [0.15, 0.2) is 0 Å². The predicted octanol–water partition coefficient (Wildman–Crippen LogP) is 0.841. The normalized spacial score (nSPS) is 35.0. The fourth-order valence-electron chi connectivity index (χ4n) is 3.67. The van der Waals surface area contributed by atoms with Crippen molar-refractivity contribution in [3.8, 4) is 0 Å². The van der Waals surface area contributed by atoms with Gasteiger partial charge in [-0.05, 0) is 25.7 Å². The lowest BCUT2D eigenvalue weighted by Crippen LogP contribution is -2.65. The number of nitrogens with one attached hydrogen (secondary N) is 2. The van der Waals surface area contributed by atoms with Crippen LogP contribution in [0.3, 0.4) is 0 Å². The Bertz CT molecular complexity index is 336. The molecule has 20 heavy (non-hydrogen) atoms. The van der Waals surface area contributed by atoms with Crippen molar-refractivity contribution in [2.45, 2.75) is 63.8 Å². The minimum Gasteiger partial charge on any atom is -0.392 e. The molecular weight excluding hydrogens is 280 g/mol. The van der Waals surface area contributed by atoms with Gasteiger partial charge < -0.3 is 20.5 Å². The van der Waals surface area contributed by atoms with Crippen LogP contribution >= 0.6 is 12.4 Å². The molecule has 0 bridgehead atoms. The molecule has 2 rings (SSSR count). The Labute approximate surface area is 127 Å². The highest BCUT2D eigenvalue weighted by Crippen LogP contribution is 2.48. The van der Waals surface area contributed by atoms with E-state index in [0.717, 1.165) is 19.3 Å². The maximum atomic E-state index is 12.2. The molecule has 5 nitrogen and oxygen atoms in total. The molecule has 1 aliphatic carbocycles. The molecule has 1 aliphatic heterocycles. The Hall–Kier alpha value is -0.360. The molecule has 4 unspecified atom stereocenters. The fraction of sp³-hybridized carbons (Fsp3) is 0.929. The van der Waals surface area contributed by atoms with Gasteiger partial charge in [0, 0.05) is 25.1 Å². The largest absolute Gasteiger partial charge is 0.392 e. The van der Waals surface area contributed by atoms with Crippen molar-refractivity contribution in [1.29, 1.82) is 0 Å². The zero-order chi connectivity index (χ0) is 14.0. The number of hydrogen-bond donors (Lipinski definition) is 3. The van der Waals surface area contributed by atoms with E-state index >= 15 is 0 Å². The standard InChI is InChI=1S/C14H26N2O3.ClH/c1-4-14(5-2)11(7-12(14)19-3)16-13(18)10-6-9(17)8-15-10;/h9-12,15,17H,4-8H2,1-3H3,(H,16,18);1H. The molecule has 0 aromatic rings. The third-order valence-corrected chi connectivity index (χ3v) is 5.13. The lowest BCUT2D eigenvalue weighted by atomic mass is 9.58. The van der Waals surface area contributed by atoms with Crippen molar-refractivity contribution in [3.63, 3.8) is 0 Å². The Balaban J connectivity index is 0.00000200. The average Bonchev–Trinajstić information content (AvgIpc) is 2.82. The highest BCUT2D eigenvalue weighted by Gasteiger charge is 2.53. The van der Waals surface area contributed by atoms with Gasteiger partial charge in [-0.2, -0.15) is 0 Å². The van der Waals surface area contributed by atoms with Crippen molar-refractivity contribution in [2.24, 2.45) is 5.41 Å². The van der Waals surface area contributed by atoms with Crippen LogP contribution in [0.4, 0.5) is 0 Å². The third kappa shape index (κ3) is 2.96. The minimum atomic E-state index is -0.397. The first-order chi connectivity index (χ1) is 9.07. The van der Waals surface area contributed by atoms with E-state index in [-0.39, 0.29) is 41.9 Å². The molecule has 1 saturated heterocycles. The Morgan fingerprint density at radius 1 is 1.40 bits per heavy atom. The molecule has 2 aliphatic rings. The number of ether oxygens (including phenoxy) is 1. The number of rotatable bonds is 5. The molecule has 6 heteroatoms. The maximum Gasteiger partial charge on any atom is 0.237 e. The van der Waals surface area contributed by atoms with Crippen LogP contribution in [0.1, 0.15) is 39.5 Å². The van der Waals surface area contributed by atoms with Gasteiger partial charge in [-0.3, -0.25) is 4.79 Å². The van der Waals surface area contributed by atoms with Crippen LogP contribution in [0.2, 0.25) is 0 Å². The first kappa shape index (κ1) is 17.7. The van der Waals surface area contributed by atoms with Crippen LogP contribution < -0.4 is 10.6 Å². The second kappa shape index (κ2) is 7.07. The summed E-state index contributed by atoms with van der Waals surface area (Å²) in [7, 11) is 1.75. The molecular formula is C14H27ClN2O3. The summed E-state index contributed by atoms with van der Waals surface area (Å²) >= 11 is 0. The molecule has 2 fully saturated rings. The molecule has 1 heterocycles. The predicted molar refractivity (Wildman–Crippen MR) is 80.0 cm³/mol. The molecule has 1 amide bonds. The Morgan fingerprint density at radius 2 is 2.05 bits per heavy atom. The van der Waals surface area contributed by atoms with Crippen molar-refractivity contribution in [2.75, 3.05) is 13.7 Å². The number of aliphatic hydroxyl groups is 1. The zero-order valence-corrected chi connectivity index (χ0v) is 13.3. The number of methoxy groups -OCH3 is 1. The Morgan fingerprint density at radius 3 is 2.50 bits per heavy atom. The fourth-order valence-corrected chi connectivity index (χ4v) is 3.67. The lowest BCUT2D eigenvalue weighted by Gasteiger charge is -2.55. The van der Waals surface area contributed by atoms with E-state index < -0.39 is 6.10 Å². The van der Waals surface area contributed by atoms with Gasteiger partial charge in [0.25, 0.3) is 0 Å². The van der Waals surface area contributed by atoms with E-state index in [4.69, 9.17) is 4.74 Å². The van der Waals surface area contributed by atoms with Gasteiger partial charge in [-0.15, -0.1) is 12.4 Å². The first-order valence-electron chi connectivity index (χ1n) is 7.32. The number of halogens is 1. The summed E-state index contributed by atoms with van der Waals surface area (Å²) in [6, 6.07) is -0.0532. The molecule has 1 saturated carbocycles. The summed E-state index contributed by atoms with van der Waals surface area (Å²) < 4.78 is 5.53. The minimum absolute atomic E-state index is 0. The van der Waals surface area contributed by atoms with Crippen LogP contribution in [0, 0.1) is 5.41 Å². The SMILES string of the molecule is CCC1(CC)C(NC(=O)C2CC(O)CN2)CC1OC.Cl. The van der Waals surface area contributed by atoms with Crippen LogP contribution in [-0.2, 0) is 9.53 Å². The molecule has 118 valence electrons. The van der Waals surface area contributed by atoms with Gasteiger partial charge >= 0.3 is 0 Å². The first-order valence-corrected chi connectivity index (χ1v) is 7.32. The van der Waals surface area contributed by atoms with Crippen molar-refractivity contribution < 1.29 is 14.6 Å². The number of hydrogen-bond acceptors (Lipinski definition) is 4. The van der Waals surface area contributed by atoms with E-state index in [1.54, 1.807) is 7.11 Å². The van der Waals surface area contributed by atoms with Gasteiger partial charge in [0.2, 0.25) is 5.91 Å². The second-order valence-electron chi connectivity index (χ2n) is 5.81. The molecule has 4 atom stereocenters. The van der Waals surface area contributed by atoms with Gasteiger partial charge in [-0.1, -0.05) is 13.8 Å². The summed E-state index contributed by atoms with van der Waals surface area (Å²) in [6.07, 6.45) is 3.26. The number of aliphatic hydroxyl groups excluding tert-OH is 1. The van der Waals surface area contributed by atoms with Gasteiger partial charge in [0.05, 0.1) is 18.2 Å². The van der Waals surface area contributed by atoms with E-state index in [1.165, 1.54) is 0 Å². The van der Waals surface area contributed by atoms with Crippen LogP contribution in [0.15, 0.2) is 0 Å². The highest BCUT2D eigenvalue weighted by atomic mass is 35.5. The van der Waals surface area contributed by atoms with E-state index in [2.05, 4.69) is 24.5 Å². The maximum absolute atomic E-state index is 12.2. The summed E-state index contributed by atoms with van der Waals surface area (Å²) in [5, 5.41) is 15.7. The highest BCUT2D eigenvalue weighted by molar-refractivity contribution is 5.85. The van der Waals surface area contributed by atoms with Crippen LogP contribution in [0.25, 0.3) is 0 Å². The molecule has 0 spiro atoms. The lowest BCUT2D eigenvalue weighted by molar-refractivity contribution is -0.142. The Kier molecular flexibility index (Phi) is 6.25. The van der Waals surface area contributed by atoms with Gasteiger partial charge in [0.1, 0.15) is 0 Å². The quantitative estimate of drug-likeness (QED) is 0.704. The van der Waals surface area contributed by atoms with Crippen LogP contribution in [0.5, 0.6) is 0 Å². The van der Waals surface area contributed by atoms with Crippen molar-refractivity contribution in [1.82, 2.24) is 10.6 Å². The molecule has 0 radical (unpaired) electrons. The number of carbonyl (C=O) groups is 1. The number of carbonyl (C=O) groups excluding carboxylic acids is 1. The molecule has 0 aromatic carbocycles. The number of β-amino-alcohol motifs (C(OH)–C–C–N with tert-alkyl or cyclic N) is 1. The van der Waals surface area contributed by atoms with E-state index in [9.17, 15) is 9.90 Å². The molecule has 3 N–H and O–H groups in total. The van der Waals surface area contributed by atoms with Crippen LogP contribution in [-0.4, -0.2) is 49.0 Å². The average molecular weight is 307 g/mol. The monoisotopic (exact) mass is 306 g/mol. The smallest absolute Gasteiger partial charge is 0.237 e. The molecule has 0 aromatic heterocycles. The third-order valence-electron chi connectivity index (χ3n) is 5.13. The summed E-state index contributed by atoms with van der Waals surface area (Å²) in [6.45, 7) is 4.83.